The Morgan fingerprint density at radius 2 is 1.09 bits per heavy atom. The summed E-state index contributed by atoms with van der Waals surface area (Å²) in [5.74, 6) is 0.909. The zero-order chi connectivity index (χ0) is 36.1. The molecule has 0 amide bonds. The predicted octanol–water partition coefficient (Wildman–Crippen LogP) is 13.3. The molecule has 10 rings (SSSR count). The molecular weight excluding hydrogens is 867 g/mol. The third-order valence-corrected chi connectivity index (χ3v) is 10.4. The van der Waals surface area contributed by atoms with Crippen LogP contribution in [0.25, 0.3) is 82.8 Å². The molecule has 10 aromatic rings. The van der Waals surface area contributed by atoms with E-state index in [1.165, 1.54) is 43.5 Å². The molecule has 3 nitrogen and oxygen atoms in total. The van der Waals surface area contributed by atoms with Gasteiger partial charge in [-0.05, 0) is 69.4 Å². The minimum absolute atomic E-state index is 0. The minimum Gasteiger partial charge on any atom is -0.333 e. The average molecular weight is 900 g/mol. The Labute approximate surface area is 338 Å². The van der Waals surface area contributed by atoms with Gasteiger partial charge in [-0.15, -0.1) is 41.3 Å². The first-order valence-electron chi connectivity index (χ1n) is 17.9. The SMILES string of the molecule is [Ir].[c-]1ccccc1-c1ccccn1.[c-]1sc2ccc(-c3ccc(-c4ccccc4)cc3)cc2c1-c1nc2ccccc2n1-c1ccc(-c2ccccc2)cc1. The third kappa shape index (κ3) is 7.60. The van der Waals surface area contributed by atoms with Crippen LogP contribution in [0.2, 0.25) is 0 Å². The van der Waals surface area contributed by atoms with Crippen molar-refractivity contribution in [2.45, 2.75) is 0 Å². The summed E-state index contributed by atoms with van der Waals surface area (Å²) >= 11 is 1.65. The number of hydrogen-bond donors (Lipinski definition) is 0. The molecule has 0 aliphatic rings. The molecule has 55 heavy (non-hydrogen) atoms. The number of para-hydroxylation sites is 2. The summed E-state index contributed by atoms with van der Waals surface area (Å²) in [5, 5.41) is 4.77. The first-order chi connectivity index (χ1) is 26.8. The number of thiophene rings is 1. The van der Waals surface area contributed by atoms with Crippen molar-refractivity contribution >= 4 is 32.5 Å². The molecule has 0 bridgehead atoms. The molecular formula is C50H33IrN3S-2. The monoisotopic (exact) mass is 900 g/mol. The fourth-order valence-electron chi connectivity index (χ4n) is 6.77. The zero-order valence-electron chi connectivity index (χ0n) is 29.6. The topological polar surface area (TPSA) is 30.7 Å². The van der Waals surface area contributed by atoms with Gasteiger partial charge in [0.1, 0.15) is 0 Å². The van der Waals surface area contributed by atoms with Gasteiger partial charge in [-0.3, -0.25) is 16.3 Å². The first-order valence-corrected chi connectivity index (χ1v) is 18.7. The van der Waals surface area contributed by atoms with E-state index in [1.54, 1.807) is 17.5 Å². The van der Waals surface area contributed by atoms with Crippen molar-refractivity contribution in [1.29, 1.82) is 0 Å². The van der Waals surface area contributed by atoms with E-state index in [4.69, 9.17) is 4.98 Å². The summed E-state index contributed by atoms with van der Waals surface area (Å²) in [5.41, 5.74) is 13.4. The second kappa shape index (κ2) is 16.4. The molecule has 0 unspecified atom stereocenters. The maximum atomic E-state index is 5.15. The number of pyridine rings is 1. The van der Waals surface area contributed by atoms with E-state index < -0.39 is 0 Å². The van der Waals surface area contributed by atoms with Gasteiger partial charge in [0, 0.05) is 32.0 Å². The van der Waals surface area contributed by atoms with E-state index in [2.05, 4.69) is 173 Å². The molecule has 5 heteroatoms. The smallest absolute Gasteiger partial charge is 0.0774 e. The van der Waals surface area contributed by atoms with Crippen molar-refractivity contribution in [2.24, 2.45) is 0 Å². The molecule has 7 aromatic carbocycles. The van der Waals surface area contributed by atoms with Crippen LogP contribution in [0, 0.1) is 11.4 Å². The quantitative estimate of drug-likeness (QED) is 0.156. The van der Waals surface area contributed by atoms with Crippen LogP contribution in [0.5, 0.6) is 0 Å². The van der Waals surface area contributed by atoms with Crippen LogP contribution in [0.15, 0.2) is 200 Å². The third-order valence-electron chi connectivity index (χ3n) is 9.50. The second-order valence-corrected chi connectivity index (χ2v) is 13.7. The summed E-state index contributed by atoms with van der Waals surface area (Å²) < 4.78 is 3.47. The van der Waals surface area contributed by atoms with Crippen molar-refractivity contribution in [3.63, 3.8) is 0 Å². The number of aromatic nitrogens is 3. The molecule has 265 valence electrons. The molecule has 0 N–H and O–H groups in total. The van der Waals surface area contributed by atoms with Gasteiger partial charge in [0.25, 0.3) is 0 Å². The predicted molar refractivity (Wildman–Crippen MR) is 226 cm³/mol. The Morgan fingerprint density at radius 1 is 0.509 bits per heavy atom. The van der Waals surface area contributed by atoms with E-state index in [0.717, 1.165) is 39.4 Å². The Morgan fingerprint density at radius 3 is 1.75 bits per heavy atom. The van der Waals surface area contributed by atoms with Crippen molar-refractivity contribution in [3.05, 3.63) is 212 Å². The second-order valence-electron chi connectivity index (χ2n) is 12.9. The van der Waals surface area contributed by atoms with Gasteiger partial charge in [0.2, 0.25) is 0 Å². The van der Waals surface area contributed by atoms with E-state index in [9.17, 15) is 0 Å². The summed E-state index contributed by atoms with van der Waals surface area (Å²) in [6, 6.07) is 70.5. The summed E-state index contributed by atoms with van der Waals surface area (Å²) in [4.78, 5) is 9.37. The van der Waals surface area contributed by atoms with Crippen LogP contribution >= 0.6 is 11.3 Å². The van der Waals surface area contributed by atoms with Crippen LogP contribution in [0.3, 0.4) is 0 Å². The minimum atomic E-state index is 0. The summed E-state index contributed by atoms with van der Waals surface area (Å²) in [6.07, 6.45) is 1.79. The maximum absolute atomic E-state index is 5.15. The molecule has 0 saturated heterocycles. The van der Waals surface area contributed by atoms with Crippen molar-refractivity contribution in [1.82, 2.24) is 14.5 Å². The van der Waals surface area contributed by atoms with Gasteiger partial charge in [0.15, 0.2) is 0 Å². The van der Waals surface area contributed by atoms with Gasteiger partial charge in [-0.2, -0.15) is 0 Å². The normalized spacial score (nSPS) is 10.8. The molecule has 0 fully saturated rings. The maximum Gasteiger partial charge on any atom is 0.0774 e. The van der Waals surface area contributed by atoms with Crippen LogP contribution in [-0.2, 0) is 20.1 Å². The van der Waals surface area contributed by atoms with Gasteiger partial charge in [-0.25, -0.2) is 0 Å². The van der Waals surface area contributed by atoms with Crippen LogP contribution in [-0.4, -0.2) is 14.5 Å². The van der Waals surface area contributed by atoms with E-state index in [1.807, 2.05) is 42.5 Å². The van der Waals surface area contributed by atoms with E-state index >= 15 is 0 Å². The molecule has 0 saturated carbocycles. The number of benzene rings is 7. The molecule has 0 aliphatic heterocycles. The zero-order valence-corrected chi connectivity index (χ0v) is 32.8. The molecule has 1 radical (unpaired) electrons. The molecule has 0 atom stereocenters. The van der Waals surface area contributed by atoms with Gasteiger partial charge in [-0.1, -0.05) is 155 Å². The Bertz CT molecular complexity index is 2740. The largest absolute Gasteiger partial charge is 0.333 e. The fourth-order valence-corrected chi connectivity index (χ4v) is 7.59. The van der Waals surface area contributed by atoms with Gasteiger partial charge in [0.05, 0.1) is 16.9 Å². The number of hydrogen-bond acceptors (Lipinski definition) is 3. The number of imidazole rings is 1. The Hall–Kier alpha value is -6.23. The number of fused-ring (bicyclic) bond motifs is 2. The van der Waals surface area contributed by atoms with Gasteiger partial charge >= 0.3 is 0 Å². The number of rotatable bonds is 6. The summed E-state index contributed by atoms with van der Waals surface area (Å²) in [7, 11) is 0. The summed E-state index contributed by atoms with van der Waals surface area (Å²) in [6.45, 7) is 0. The van der Waals surface area contributed by atoms with Crippen molar-refractivity contribution in [3.8, 4) is 61.7 Å². The number of nitrogens with zero attached hydrogens (tertiary/aromatic N) is 3. The first kappa shape index (κ1) is 35.8. The van der Waals surface area contributed by atoms with E-state index in [-0.39, 0.29) is 20.1 Å². The van der Waals surface area contributed by atoms with Gasteiger partial charge < -0.3 is 9.55 Å². The van der Waals surface area contributed by atoms with Crippen molar-refractivity contribution < 1.29 is 20.1 Å². The van der Waals surface area contributed by atoms with Crippen LogP contribution in [0.1, 0.15) is 0 Å². The molecule has 0 spiro atoms. The van der Waals surface area contributed by atoms with Crippen molar-refractivity contribution in [2.75, 3.05) is 0 Å². The Balaban J connectivity index is 0.000000280. The average Bonchev–Trinajstić information content (AvgIpc) is 3.87. The fraction of sp³-hybridized carbons (Fsp3) is 0. The van der Waals surface area contributed by atoms with E-state index in [0.29, 0.717) is 0 Å². The molecule has 0 aliphatic carbocycles. The van der Waals surface area contributed by atoms with Crippen LogP contribution in [0.4, 0.5) is 0 Å². The molecule has 3 heterocycles. The Kier molecular flexibility index (Phi) is 10.7. The molecule has 3 aromatic heterocycles. The van der Waals surface area contributed by atoms with Crippen LogP contribution < -0.4 is 0 Å². The standard InChI is InChI=1S/C39H25N2S.C11H8N.Ir/c1-3-9-27(10-4-1)29-15-17-31(18-16-29)32-21-24-38-34(25-32)35(26-42-38)39-40-36-13-7-8-14-37(36)41(39)33-22-19-30(20-23-33)28-11-5-2-6-12-28;1-2-6-10(7-3-1)11-8-4-5-9-12-11;/h1-25H;1-6,8-9H;/q2*-1;.